The van der Waals surface area contributed by atoms with E-state index in [1.807, 2.05) is 67.8 Å². The summed E-state index contributed by atoms with van der Waals surface area (Å²) < 4.78 is 0.975. The van der Waals surface area contributed by atoms with Crippen LogP contribution in [0.2, 0.25) is 0 Å². The van der Waals surface area contributed by atoms with Crippen LogP contribution < -0.4 is 16.0 Å². The molecule has 0 aliphatic carbocycles. The third kappa shape index (κ3) is 7.52. The molecular formula is C16H19ClI3N3O7. The molecule has 0 fully saturated rings. The van der Waals surface area contributed by atoms with Gasteiger partial charge in [-0.2, -0.15) is 0 Å². The van der Waals surface area contributed by atoms with Gasteiger partial charge in [0.05, 0.1) is 49.4 Å². The minimum atomic E-state index is -1.16. The molecular weight excluding hydrogens is 762 g/mol. The first-order valence-corrected chi connectivity index (χ1v) is 12.1. The Morgan fingerprint density at radius 3 is 1.57 bits per heavy atom. The Balaban J connectivity index is 3.48. The Morgan fingerprint density at radius 2 is 1.23 bits per heavy atom. The van der Waals surface area contributed by atoms with Crippen molar-refractivity contribution < 1.29 is 34.8 Å². The number of anilines is 1. The molecule has 14 heteroatoms. The minimum absolute atomic E-state index is 0.0829. The maximum absolute atomic E-state index is 12.8. The van der Waals surface area contributed by atoms with Crippen LogP contribution >= 0.6 is 79.4 Å². The second-order valence-electron chi connectivity index (χ2n) is 5.84. The monoisotopic (exact) mass is 781 g/mol. The van der Waals surface area contributed by atoms with Crippen molar-refractivity contribution in [3.8, 4) is 0 Å². The summed E-state index contributed by atoms with van der Waals surface area (Å²) in [6, 6.07) is 0. The first-order chi connectivity index (χ1) is 14.1. The lowest BCUT2D eigenvalue weighted by atomic mass is 10.1. The molecule has 10 nitrogen and oxygen atoms in total. The van der Waals surface area contributed by atoms with E-state index < -0.39 is 43.1 Å². The predicted octanol–water partition coefficient (Wildman–Crippen LogP) is -0.156. The molecule has 2 atom stereocenters. The van der Waals surface area contributed by atoms with Crippen LogP contribution in [-0.4, -0.2) is 82.5 Å². The van der Waals surface area contributed by atoms with Crippen LogP contribution in [0.3, 0.4) is 0 Å². The number of halogens is 4. The van der Waals surface area contributed by atoms with Crippen molar-refractivity contribution >= 4 is 103 Å². The number of rotatable bonds is 10. The van der Waals surface area contributed by atoms with Gasteiger partial charge in [0.25, 0.3) is 11.8 Å². The number of carbonyl (C=O) groups excluding carboxylic acids is 3. The molecule has 0 aliphatic rings. The summed E-state index contributed by atoms with van der Waals surface area (Å²) in [5, 5.41) is 44.3. The van der Waals surface area contributed by atoms with Gasteiger partial charge in [0, 0.05) is 16.7 Å². The highest BCUT2D eigenvalue weighted by atomic mass is 127. The van der Waals surface area contributed by atoms with Gasteiger partial charge in [0.15, 0.2) is 0 Å². The van der Waals surface area contributed by atoms with Crippen molar-refractivity contribution in [2.75, 3.05) is 37.5 Å². The Bertz CT molecular complexity index is 760. The third-order valence-corrected chi connectivity index (χ3v) is 7.05. The van der Waals surface area contributed by atoms with Gasteiger partial charge in [-0.05, 0) is 67.8 Å². The Labute approximate surface area is 217 Å². The van der Waals surface area contributed by atoms with E-state index in [1.54, 1.807) is 0 Å². The van der Waals surface area contributed by atoms with Crippen molar-refractivity contribution in [1.82, 2.24) is 10.6 Å². The molecule has 0 saturated heterocycles. The van der Waals surface area contributed by atoms with E-state index >= 15 is 0 Å². The standard InChI is InChI=1S/C16H19ClI3N3O7/c17-1-8(28)23-14-12(19)9(15(29)21-2-6(26)4-24)11(18)10(13(14)20)16(30)22-3-7(27)5-25/h6-7,24-27H,1-5H2,(H,21,29)(H,22,30)(H,23,28). The van der Waals surface area contributed by atoms with Crippen LogP contribution in [0, 0.1) is 10.7 Å². The number of aliphatic hydroxyl groups is 4. The van der Waals surface area contributed by atoms with E-state index in [-0.39, 0.29) is 39.4 Å². The average Bonchev–Trinajstić information content (AvgIpc) is 2.72. The summed E-state index contributed by atoms with van der Waals surface area (Å²) in [7, 11) is 0. The molecule has 2 unspecified atom stereocenters. The van der Waals surface area contributed by atoms with Gasteiger partial charge in [-0.3, -0.25) is 14.4 Å². The van der Waals surface area contributed by atoms with Gasteiger partial charge in [0.2, 0.25) is 5.91 Å². The number of alkyl halides is 1. The molecule has 0 spiro atoms. The highest BCUT2D eigenvalue weighted by Gasteiger charge is 2.28. The molecule has 7 N–H and O–H groups in total. The van der Waals surface area contributed by atoms with Gasteiger partial charge >= 0.3 is 0 Å². The van der Waals surface area contributed by atoms with Crippen molar-refractivity contribution in [1.29, 1.82) is 0 Å². The second-order valence-corrected chi connectivity index (χ2v) is 9.35. The lowest BCUT2D eigenvalue weighted by Crippen LogP contribution is -2.37. The van der Waals surface area contributed by atoms with E-state index in [9.17, 15) is 24.6 Å². The van der Waals surface area contributed by atoms with Crippen LogP contribution in [0.15, 0.2) is 0 Å². The molecule has 30 heavy (non-hydrogen) atoms. The minimum Gasteiger partial charge on any atom is -0.394 e. The first kappa shape index (κ1) is 28.0. The van der Waals surface area contributed by atoms with Gasteiger partial charge in [-0.1, -0.05) is 0 Å². The summed E-state index contributed by atoms with van der Waals surface area (Å²) in [5.74, 6) is -2.14. The van der Waals surface area contributed by atoms with Gasteiger partial charge in [-0.15, -0.1) is 11.6 Å². The van der Waals surface area contributed by atoms with Crippen molar-refractivity contribution in [2.45, 2.75) is 12.2 Å². The fraction of sp³-hybridized carbons (Fsp3) is 0.438. The lowest BCUT2D eigenvalue weighted by Gasteiger charge is -2.20. The maximum Gasteiger partial charge on any atom is 0.253 e. The Kier molecular flexibility index (Phi) is 12.6. The summed E-state index contributed by atoms with van der Waals surface area (Å²) in [6.45, 7) is -1.53. The number of benzene rings is 1. The van der Waals surface area contributed by atoms with Crippen LogP contribution in [0.4, 0.5) is 5.69 Å². The Morgan fingerprint density at radius 1 is 0.833 bits per heavy atom. The van der Waals surface area contributed by atoms with Crippen molar-refractivity contribution in [2.24, 2.45) is 0 Å². The van der Waals surface area contributed by atoms with Gasteiger partial charge < -0.3 is 36.4 Å². The normalized spacial score (nSPS) is 12.8. The summed E-state index contributed by atoms with van der Waals surface area (Å²) >= 11 is 11.1. The fourth-order valence-corrected chi connectivity index (χ4v) is 6.55. The average molecular weight is 782 g/mol. The first-order valence-electron chi connectivity index (χ1n) is 8.29. The van der Waals surface area contributed by atoms with Gasteiger partial charge in [-0.25, -0.2) is 0 Å². The zero-order chi connectivity index (χ0) is 23.0. The molecule has 168 valence electrons. The van der Waals surface area contributed by atoms with E-state index in [4.69, 9.17) is 21.8 Å². The molecule has 0 aromatic heterocycles. The molecule has 1 aromatic rings. The largest absolute Gasteiger partial charge is 0.394 e. The summed E-state index contributed by atoms with van der Waals surface area (Å²) in [5.41, 5.74) is 0.377. The number of aliphatic hydroxyl groups excluding tert-OH is 4. The number of nitrogens with one attached hydrogen (secondary N) is 3. The van der Waals surface area contributed by atoms with E-state index in [0.717, 1.165) is 0 Å². The van der Waals surface area contributed by atoms with Crippen LogP contribution in [0.5, 0.6) is 0 Å². The highest BCUT2D eigenvalue weighted by molar-refractivity contribution is 14.1. The molecule has 0 aliphatic heterocycles. The molecule has 0 saturated carbocycles. The lowest BCUT2D eigenvalue weighted by molar-refractivity contribution is -0.113. The second kappa shape index (κ2) is 13.5. The van der Waals surface area contributed by atoms with Crippen molar-refractivity contribution in [3.05, 3.63) is 21.8 Å². The summed E-state index contributed by atoms with van der Waals surface area (Å²) in [4.78, 5) is 37.4. The molecule has 1 rings (SSSR count). The Hall–Kier alpha value is -0.0500. The fourth-order valence-electron chi connectivity index (χ4n) is 2.07. The smallest absolute Gasteiger partial charge is 0.253 e. The van der Waals surface area contributed by atoms with Crippen LogP contribution in [0.25, 0.3) is 0 Å². The third-order valence-electron chi connectivity index (χ3n) is 3.57. The zero-order valence-electron chi connectivity index (χ0n) is 15.2. The molecule has 1 aromatic carbocycles. The number of hydrogen-bond donors (Lipinski definition) is 7. The molecule has 0 bridgehead atoms. The molecule has 0 radical (unpaired) electrons. The van der Waals surface area contributed by atoms with E-state index in [2.05, 4.69) is 16.0 Å². The summed E-state index contributed by atoms with van der Waals surface area (Å²) in [6.07, 6.45) is -2.32. The molecule has 0 heterocycles. The predicted molar refractivity (Wildman–Crippen MR) is 135 cm³/mol. The SMILES string of the molecule is O=C(CCl)Nc1c(I)c(C(=O)NCC(O)CO)c(I)c(C(=O)NCC(O)CO)c1I. The molecule has 3 amide bonds. The topological polar surface area (TPSA) is 168 Å². The number of hydrogen-bond acceptors (Lipinski definition) is 7. The van der Waals surface area contributed by atoms with Gasteiger partial charge in [0.1, 0.15) is 5.88 Å². The number of carbonyl (C=O) groups is 3. The maximum atomic E-state index is 12.8. The highest BCUT2D eigenvalue weighted by Crippen LogP contribution is 2.35. The quantitative estimate of drug-likeness (QED) is 0.128. The van der Waals surface area contributed by atoms with Crippen molar-refractivity contribution in [3.63, 3.8) is 0 Å². The van der Waals surface area contributed by atoms with E-state index in [0.29, 0.717) is 7.14 Å². The zero-order valence-corrected chi connectivity index (χ0v) is 22.4. The van der Waals surface area contributed by atoms with Crippen LogP contribution in [-0.2, 0) is 4.79 Å². The van der Waals surface area contributed by atoms with E-state index in [1.165, 1.54) is 0 Å². The van der Waals surface area contributed by atoms with Crippen LogP contribution in [0.1, 0.15) is 20.7 Å². The number of amides is 3.